The Labute approximate surface area is 121 Å². The van der Waals surface area contributed by atoms with Crippen LogP contribution in [0.15, 0.2) is 39.7 Å². The van der Waals surface area contributed by atoms with Gasteiger partial charge in [0.25, 0.3) is 0 Å². The SMILES string of the molecule is Cn1c2ccc3c(c2c(=O)c2ccoc21)C=CC(C)(C)O3. The molecule has 1 aliphatic heterocycles. The molecule has 0 spiro atoms. The molecule has 3 heterocycles. The first-order valence-corrected chi connectivity index (χ1v) is 6.89. The summed E-state index contributed by atoms with van der Waals surface area (Å²) in [5.74, 6) is 0.745. The standard InChI is InChI=1S/C17H15NO3/c1-17(2)8-6-10-13(21-17)5-4-12-14(10)15(19)11-7-9-20-16(11)18(12)3/h4-9H,1-3H3. The molecule has 106 valence electrons. The zero-order valence-electron chi connectivity index (χ0n) is 12.1. The van der Waals surface area contributed by atoms with Crippen LogP contribution in [-0.2, 0) is 7.05 Å². The predicted molar refractivity (Wildman–Crippen MR) is 82.7 cm³/mol. The molecule has 0 fully saturated rings. The lowest BCUT2D eigenvalue weighted by Crippen LogP contribution is -2.28. The summed E-state index contributed by atoms with van der Waals surface area (Å²) in [6, 6.07) is 5.54. The van der Waals surface area contributed by atoms with E-state index >= 15 is 0 Å². The number of nitrogens with zero attached hydrogens (tertiary/aromatic N) is 1. The summed E-state index contributed by atoms with van der Waals surface area (Å²) in [7, 11) is 1.90. The number of benzene rings is 1. The second-order valence-corrected chi connectivity index (χ2v) is 5.94. The highest BCUT2D eigenvalue weighted by Gasteiger charge is 2.24. The van der Waals surface area contributed by atoms with Crippen molar-refractivity contribution in [2.24, 2.45) is 7.05 Å². The molecule has 0 radical (unpaired) electrons. The number of hydrogen-bond acceptors (Lipinski definition) is 3. The van der Waals surface area contributed by atoms with Gasteiger partial charge in [-0.15, -0.1) is 0 Å². The first-order chi connectivity index (χ1) is 9.98. The Morgan fingerprint density at radius 2 is 2.00 bits per heavy atom. The maximum absolute atomic E-state index is 12.8. The molecule has 0 N–H and O–H groups in total. The van der Waals surface area contributed by atoms with Crippen molar-refractivity contribution in [2.75, 3.05) is 0 Å². The largest absolute Gasteiger partial charge is 0.483 e. The van der Waals surface area contributed by atoms with E-state index in [-0.39, 0.29) is 11.0 Å². The molecule has 2 aromatic heterocycles. The molecule has 3 aromatic rings. The lowest BCUT2D eigenvalue weighted by atomic mass is 9.98. The van der Waals surface area contributed by atoms with Gasteiger partial charge in [0.15, 0.2) is 0 Å². The van der Waals surface area contributed by atoms with Crippen LogP contribution in [0, 0.1) is 0 Å². The molecule has 4 nitrogen and oxygen atoms in total. The van der Waals surface area contributed by atoms with Crippen LogP contribution in [0.1, 0.15) is 19.4 Å². The fraction of sp³-hybridized carbons (Fsp3) is 0.235. The summed E-state index contributed by atoms with van der Waals surface area (Å²) < 4.78 is 13.3. The average molecular weight is 281 g/mol. The number of aromatic nitrogens is 1. The van der Waals surface area contributed by atoms with E-state index in [9.17, 15) is 4.79 Å². The highest BCUT2D eigenvalue weighted by atomic mass is 16.5. The van der Waals surface area contributed by atoms with Gasteiger partial charge in [0.05, 0.1) is 22.6 Å². The third kappa shape index (κ3) is 1.59. The summed E-state index contributed by atoms with van der Waals surface area (Å²) in [4.78, 5) is 12.8. The van der Waals surface area contributed by atoms with Crippen LogP contribution >= 0.6 is 0 Å². The van der Waals surface area contributed by atoms with Crippen LogP contribution < -0.4 is 10.2 Å². The third-order valence-electron chi connectivity index (χ3n) is 3.99. The molecule has 21 heavy (non-hydrogen) atoms. The van der Waals surface area contributed by atoms with Gasteiger partial charge in [0.2, 0.25) is 11.1 Å². The molecule has 1 aliphatic rings. The van der Waals surface area contributed by atoms with Crippen molar-refractivity contribution in [1.82, 2.24) is 4.57 Å². The van der Waals surface area contributed by atoms with Gasteiger partial charge in [-0.25, -0.2) is 0 Å². The molecule has 0 atom stereocenters. The Balaban J connectivity index is 2.21. The number of rotatable bonds is 0. The van der Waals surface area contributed by atoms with Crippen LogP contribution in [0.25, 0.3) is 28.1 Å². The second kappa shape index (κ2) is 3.79. The Hall–Kier alpha value is -2.49. The molecule has 0 bridgehead atoms. The van der Waals surface area contributed by atoms with E-state index in [4.69, 9.17) is 9.15 Å². The molecular formula is C17H15NO3. The summed E-state index contributed by atoms with van der Waals surface area (Å²) in [5, 5.41) is 1.27. The molecule has 4 rings (SSSR count). The quantitative estimate of drug-likeness (QED) is 0.633. The number of hydrogen-bond donors (Lipinski definition) is 0. The maximum atomic E-state index is 12.8. The monoisotopic (exact) mass is 281 g/mol. The lowest BCUT2D eigenvalue weighted by molar-refractivity contribution is 0.159. The fourth-order valence-corrected chi connectivity index (χ4v) is 2.94. The summed E-state index contributed by atoms with van der Waals surface area (Å²) in [6.07, 6.45) is 5.51. The Morgan fingerprint density at radius 3 is 2.81 bits per heavy atom. The van der Waals surface area contributed by atoms with Gasteiger partial charge in [0.1, 0.15) is 11.4 Å². The van der Waals surface area contributed by atoms with E-state index in [1.54, 1.807) is 12.3 Å². The molecule has 1 aromatic carbocycles. The van der Waals surface area contributed by atoms with Gasteiger partial charge in [0, 0.05) is 12.6 Å². The number of pyridine rings is 1. The smallest absolute Gasteiger partial charge is 0.210 e. The first kappa shape index (κ1) is 12.3. The summed E-state index contributed by atoms with van der Waals surface area (Å²) in [5.41, 5.74) is 1.90. The predicted octanol–water partition coefficient (Wildman–Crippen LogP) is 3.47. The van der Waals surface area contributed by atoms with E-state index in [1.165, 1.54) is 0 Å². The Kier molecular flexibility index (Phi) is 2.21. The Morgan fingerprint density at radius 1 is 1.19 bits per heavy atom. The van der Waals surface area contributed by atoms with Gasteiger partial charge >= 0.3 is 0 Å². The Bertz CT molecular complexity index is 973. The van der Waals surface area contributed by atoms with Crippen molar-refractivity contribution in [3.05, 3.63) is 46.3 Å². The van der Waals surface area contributed by atoms with Crippen molar-refractivity contribution in [3.63, 3.8) is 0 Å². The number of furan rings is 1. The molecule has 0 unspecified atom stereocenters. The van der Waals surface area contributed by atoms with E-state index in [0.29, 0.717) is 16.5 Å². The van der Waals surface area contributed by atoms with Crippen molar-refractivity contribution in [3.8, 4) is 5.75 Å². The summed E-state index contributed by atoms with van der Waals surface area (Å²) >= 11 is 0. The number of ether oxygens (including phenoxy) is 1. The zero-order chi connectivity index (χ0) is 14.8. The minimum Gasteiger partial charge on any atom is -0.483 e. The van der Waals surface area contributed by atoms with Crippen LogP contribution in [0.2, 0.25) is 0 Å². The lowest BCUT2D eigenvalue weighted by Gasteiger charge is -2.28. The second-order valence-electron chi connectivity index (χ2n) is 5.94. The fourth-order valence-electron chi connectivity index (χ4n) is 2.94. The van der Waals surface area contributed by atoms with Crippen molar-refractivity contribution < 1.29 is 9.15 Å². The normalized spacial score (nSPS) is 16.1. The van der Waals surface area contributed by atoms with E-state index in [0.717, 1.165) is 16.8 Å². The molecule has 0 saturated carbocycles. The highest BCUT2D eigenvalue weighted by Crippen LogP contribution is 2.35. The number of fused-ring (bicyclic) bond motifs is 4. The summed E-state index contributed by atoms with van der Waals surface area (Å²) in [6.45, 7) is 3.99. The van der Waals surface area contributed by atoms with Gasteiger partial charge in [-0.05, 0) is 38.1 Å². The van der Waals surface area contributed by atoms with Crippen molar-refractivity contribution >= 4 is 28.1 Å². The van der Waals surface area contributed by atoms with E-state index in [2.05, 4.69) is 0 Å². The van der Waals surface area contributed by atoms with Crippen LogP contribution in [0.4, 0.5) is 0 Å². The molecule has 0 amide bonds. The zero-order valence-corrected chi connectivity index (χ0v) is 12.1. The molecule has 4 heteroatoms. The minimum absolute atomic E-state index is 0.0170. The molecule has 0 saturated heterocycles. The van der Waals surface area contributed by atoms with Gasteiger partial charge in [-0.1, -0.05) is 6.08 Å². The minimum atomic E-state index is -0.356. The third-order valence-corrected chi connectivity index (χ3v) is 3.99. The number of aryl methyl sites for hydroxylation is 1. The average Bonchev–Trinajstić information content (AvgIpc) is 2.92. The molecular weight excluding hydrogens is 266 g/mol. The van der Waals surface area contributed by atoms with E-state index < -0.39 is 0 Å². The van der Waals surface area contributed by atoms with Crippen LogP contribution in [-0.4, -0.2) is 10.2 Å². The maximum Gasteiger partial charge on any atom is 0.210 e. The van der Waals surface area contributed by atoms with Crippen LogP contribution in [0.5, 0.6) is 5.75 Å². The highest BCUT2D eigenvalue weighted by molar-refractivity contribution is 5.98. The first-order valence-electron chi connectivity index (χ1n) is 6.89. The van der Waals surface area contributed by atoms with Gasteiger partial charge in [-0.2, -0.15) is 0 Å². The van der Waals surface area contributed by atoms with Gasteiger partial charge < -0.3 is 13.7 Å². The van der Waals surface area contributed by atoms with Crippen molar-refractivity contribution in [1.29, 1.82) is 0 Å². The van der Waals surface area contributed by atoms with E-state index in [1.807, 2.05) is 49.7 Å². The molecule has 0 aliphatic carbocycles. The van der Waals surface area contributed by atoms with Crippen LogP contribution in [0.3, 0.4) is 0 Å². The topological polar surface area (TPSA) is 44.4 Å². The van der Waals surface area contributed by atoms with Gasteiger partial charge in [-0.3, -0.25) is 4.79 Å². The van der Waals surface area contributed by atoms with Crippen molar-refractivity contribution in [2.45, 2.75) is 19.4 Å².